The molecule has 0 spiro atoms. The van der Waals surface area contributed by atoms with Gasteiger partial charge in [0.05, 0.1) is 0 Å². The highest BCUT2D eigenvalue weighted by molar-refractivity contribution is 6.03. The van der Waals surface area contributed by atoms with E-state index in [9.17, 15) is 4.79 Å². The highest BCUT2D eigenvalue weighted by Gasteiger charge is 2.28. The van der Waals surface area contributed by atoms with E-state index < -0.39 is 0 Å². The van der Waals surface area contributed by atoms with E-state index in [2.05, 4.69) is 33.0 Å². The average molecular weight is 263 g/mol. The molecule has 4 heteroatoms. The molecule has 1 amide bonds. The molecule has 1 atom stereocenters. The SMILES string of the molecule is CC(C)C1=NC(C(C)C)NC2=C1CN(C=O)CCC2. The van der Waals surface area contributed by atoms with E-state index in [0.29, 0.717) is 18.4 Å². The third-order valence-corrected chi connectivity index (χ3v) is 3.83. The van der Waals surface area contributed by atoms with Crippen LogP contribution < -0.4 is 5.32 Å². The van der Waals surface area contributed by atoms with E-state index in [4.69, 9.17) is 4.99 Å². The van der Waals surface area contributed by atoms with E-state index in [0.717, 1.165) is 25.8 Å². The van der Waals surface area contributed by atoms with Crippen molar-refractivity contribution < 1.29 is 4.79 Å². The maximum atomic E-state index is 11.1. The Hall–Kier alpha value is -1.32. The Bertz CT molecular complexity index is 410. The summed E-state index contributed by atoms with van der Waals surface area (Å²) in [7, 11) is 0. The Morgan fingerprint density at radius 2 is 2.11 bits per heavy atom. The summed E-state index contributed by atoms with van der Waals surface area (Å²) in [6, 6.07) is 0. The van der Waals surface area contributed by atoms with Gasteiger partial charge in [-0.25, -0.2) is 0 Å². The number of carbonyl (C=O) groups excluding carboxylic acids is 1. The van der Waals surface area contributed by atoms with Crippen molar-refractivity contribution in [2.24, 2.45) is 16.8 Å². The monoisotopic (exact) mass is 263 g/mol. The lowest BCUT2D eigenvalue weighted by Gasteiger charge is -2.31. The second-order valence-electron chi connectivity index (χ2n) is 6.14. The van der Waals surface area contributed by atoms with Crippen LogP contribution in [0, 0.1) is 11.8 Å². The van der Waals surface area contributed by atoms with Gasteiger partial charge in [-0.1, -0.05) is 27.7 Å². The molecule has 0 aliphatic carbocycles. The van der Waals surface area contributed by atoms with E-state index in [1.807, 2.05) is 4.90 Å². The summed E-state index contributed by atoms with van der Waals surface area (Å²) >= 11 is 0. The Morgan fingerprint density at radius 3 is 2.68 bits per heavy atom. The summed E-state index contributed by atoms with van der Waals surface area (Å²) in [6.45, 7) is 10.3. The molecule has 4 nitrogen and oxygen atoms in total. The topological polar surface area (TPSA) is 44.7 Å². The molecular weight excluding hydrogens is 238 g/mol. The zero-order valence-electron chi connectivity index (χ0n) is 12.4. The lowest BCUT2D eigenvalue weighted by Crippen LogP contribution is -2.40. The molecule has 0 aromatic heterocycles. The summed E-state index contributed by atoms with van der Waals surface area (Å²) in [5.74, 6) is 0.883. The molecule has 0 radical (unpaired) electrons. The number of amides is 1. The molecule has 0 saturated heterocycles. The Labute approximate surface area is 116 Å². The fourth-order valence-corrected chi connectivity index (χ4v) is 2.72. The van der Waals surface area contributed by atoms with E-state index in [1.165, 1.54) is 17.0 Å². The minimum Gasteiger partial charge on any atom is -0.367 e. The lowest BCUT2D eigenvalue weighted by molar-refractivity contribution is -0.117. The van der Waals surface area contributed by atoms with Crippen molar-refractivity contribution in [1.82, 2.24) is 10.2 Å². The lowest BCUT2D eigenvalue weighted by atomic mass is 9.94. The van der Waals surface area contributed by atoms with Crippen LogP contribution in [0.15, 0.2) is 16.3 Å². The normalized spacial score (nSPS) is 24.0. The number of hydrogen-bond donors (Lipinski definition) is 1. The maximum Gasteiger partial charge on any atom is 0.210 e. The van der Waals surface area contributed by atoms with Gasteiger partial charge in [-0.2, -0.15) is 0 Å². The van der Waals surface area contributed by atoms with Crippen LogP contribution in [0.3, 0.4) is 0 Å². The van der Waals surface area contributed by atoms with Crippen LogP contribution in [0.2, 0.25) is 0 Å². The number of rotatable bonds is 3. The van der Waals surface area contributed by atoms with Gasteiger partial charge in [0.15, 0.2) is 0 Å². The molecule has 0 bridgehead atoms. The number of hydrogen-bond acceptors (Lipinski definition) is 3. The van der Waals surface area contributed by atoms with Gasteiger partial charge in [-0.15, -0.1) is 0 Å². The van der Waals surface area contributed by atoms with Crippen molar-refractivity contribution in [2.75, 3.05) is 13.1 Å². The van der Waals surface area contributed by atoms with Crippen LogP contribution in [0.1, 0.15) is 40.5 Å². The minimum atomic E-state index is 0.180. The molecule has 19 heavy (non-hydrogen) atoms. The summed E-state index contributed by atoms with van der Waals surface area (Å²) in [4.78, 5) is 17.8. The van der Waals surface area contributed by atoms with Gasteiger partial charge in [0.25, 0.3) is 0 Å². The summed E-state index contributed by atoms with van der Waals surface area (Å²) in [5, 5.41) is 3.57. The third-order valence-electron chi connectivity index (χ3n) is 3.83. The predicted octanol–water partition coefficient (Wildman–Crippen LogP) is 2.17. The summed E-state index contributed by atoms with van der Waals surface area (Å²) in [5.41, 5.74) is 3.74. The van der Waals surface area contributed by atoms with Gasteiger partial charge in [0.2, 0.25) is 6.41 Å². The van der Waals surface area contributed by atoms with Crippen molar-refractivity contribution >= 4 is 12.1 Å². The second kappa shape index (κ2) is 5.76. The first-order valence-corrected chi connectivity index (χ1v) is 7.29. The van der Waals surface area contributed by atoms with E-state index >= 15 is 0 Å². The van der Waals surface area contributed by atoms with Gasteiger partial charge < -0.3 is 10.2 Å². The number of nitrogens with zero attached hydrogens (tertiary/aromatic N) is 2. The Balaban J connectivity index is 2.33. The zero-order valence-corrected chi connectivity index (χ0v) is 12.4. The van der Waals surface area contributed by atoms with Crippen LogP contribution in [0.5, 0.6) is 0 Å². The summed E-state index contributed by atoms with van der Waals surface area (Å²) in [6.07, 6.45) is 3.19. The Morgan fingerprint density at radius 1 is 1.37 bits per heavy atom. The fourth-order valence-electron chi connectivity index (χ4n) is 2.72. The molecule has 2 aliphatic heterocycles. The van der Waals surface area contributed by atoms with Crippen LogP contribution in [0.4, 0.5) is 0 Å². The fraction of sp³-hybridized carbons (Fsp3) is 0.733. The molecule has 0 saturated carbocycles. The van der Waals surface area contributed by atoms with E-state index in [-0.39, 0.29) is 6.17 Å². The molecule has 2 heterocycles. The minimum absolute atomic E-state index is 0.180. The zero-order chi connectivity index (χ0) is 14.0. The highest BCUT2D eigenvalue weighted by Crippen LogP contribution is 2.26. The van der Waals surface area contributed by atoms with Gasteiger partial charge in [0.1, 0.15) is 6.17 Å². The van der Waals surface area contributed by atoms with Crippen LogP contribution in [0.25, 0.3) is 0 Å². The second-order valence-corrected chi connectivity index (χ2v) is 6.14. The first-order valence-electron chi connectivity index (χ1n) is 7.29. The number of carbonyl (C=O) groups is 1. The smallest absolute Gasteiger partial charge is 0.210 e. The van der Waals surface area contributed by atoms with Crippen molar-refractivity contribution in [3.8, 4) is 0 Å². The quantitative estimate of drug-likeness (QED) is 0.793. The largest absolute Gasteiger partial charge is 0.367 e. The molecule has 0 aromatic carbocycles. The van der Waals surface area contributed by atoms with Crippen molar-refractivity contribution in [1.29, 1.82) is 0 Å². The first-order chi connectivity index (χ1) is 9.02. The van der Waals surface area contributed by atoms with Crippen LogP contribution >= 0.6 is 0 Å². The molecule has 0 aromatic rings. The highest BCUT2D eigenvalue weighted by atomic mass is 16.1. The molecule has 2 aliphatic rings. The molecule has 0 fully saturated rings. The molecule has 2 rings (SSSR count). The first kappa shape index (κ1) is 14.1. The molecule has 1 N–H and O–H groups in total. The van der Waals surface area contributed by atoms with Crippen molar-refractivity contribution in [3.05, 3.63) is 11.3 Å². The predicted molar refractivity (Wildman–Crippen MR) is 77.9 cm³/mol. The van der Waals surface area contributed by atoms with Gasteiger partial charge in [-0.05, 0) is 24.7 Å². The van der Waals surface area contributed by atoms with Crippen LogP contribution in [-0.4, -0.2) is 36.3 Å². The third kappa shape index (κ3) is 2.99. The van der Waals surface area contributed by atoms with Gasteiger partial charge >= 0.3 is 0 Å². The average Bonchev–Trinajstić information content (AvgIpc) is 2.58. The number of allylic oxidation sites excluding steroid dienone is 1. The standard InChI is InChI=1S/C15H25N3O/c1-10(2)14-12-8-18(9-19)7-5-6-13(12)16-15(17-14)11(3)4/h9-11,15-16H,5-8H2,1-4H3. The van der Waals surface area contributed by atoms with Crippen molar-refractivity contribution in [3.63, 3.8) is 0 Å². The molecule has 1 unspecified atom stereocenters. The Kier molecular flexibility index (Phi) is 4.27. The number of nitrogens with one attached hydrogen (secondary N) is 1. The maximum absolute atomic E-state index is 11.1. The van der Waals surface area contributed by atoms with Crippen molar-refractivity contribution in [2.45, 2.75) is 46.7 Å². The number of aliphatic imine (C=N–C) groups is 1. The molecular formula is C15H25N3O. The summed E-state index contributed by atoms with van der Waals surface area (Å²) < 4.78 is 0. The van der Waals surface area contributed by atoms with Crippen LogP contribution in [-0.2, 0) is 4.79 Å². The van der Waals surface area contributed by atoms with E-state index in [1.54, 1.807) is 0 Å². The van der Waals surface area contributed by atoms with Gasteiger partial charge in [-0.3, -0.25) is 9.79 Å². The molecule has 106 valence electrons. The van der Waals surface area contributed by atoms with Gasteiger partial charge in [0, 0.05) is 30.1 Å².